The van der Waals surface area contributed by atoms with Crippen molar-refractivity contribution in [3.8, 4) is 0 Å². The van der Waals surface area contributed by atoms with Crippen molar-refractivity contribution in [2.24, 2.45) is 0 Å². The maximum atomic E-state index is 12.7. The van der Waals surface area contributed by atoms with Gasteiger partial charge >= 0.3 is 0 Å². The predicted molar refractivity (Wildman–Crippen MR) is 96.1 cm³/mol. The fourth-order valence-corrected chi connectivity index (χ4v) is 3.41. The number of carbonyl (C=O) groups excluding carboxylic acids is 1. The van der Waals surface area contributed by atoms with Crippen LogP contribution in [0.25, 0.3) is 10.9 Å². The Morgan fingerprint density at radius 2 is 2.08 bits per heavy atom. The molecule has 0 atom stereocenters. The zero-order valence-corrected chi connectivity index (χ0v) is 13.9. The van der Waals surface area contributed by atoms with Gasteiger partial charge in [0.25, 0.3) is 5.91 Å². The van der Waals surface area contributed by atoms with Crippen molar-refractivity contribution in [3.63, 3.8) is 0 Å². The van der Waals surface area contributed by atoms with E-state index in [1.165, 1.54) is 0 Å². The van der Waals surface area contributed by atoms with Crippen LogP contribution >= 0.6 is 11.6 Å². The minimum Gasteiger partial charge on any atom is -0.346 e. The molecule has 1 aliphatic heterocycles. The van der Waals surface area contributed by atoms with E-state index in [1.807, 2.05) is 29.7 Å². The molecule has 24 heavy (non-hydrogen) atoms. The number of aryl methyl sites for hydroxylation is 3. The molecule has 1 N–H and O–H groups in total. The lowest BCUT2D eigenvalue weighted by Crippen LogP contribution is -2.23. The summed E-state index contributed by atoms with van der Waals surface area (Å²) in [6.45, 7) is 2.66. The molecule has 0 aliphatic carbocycles. The van der Waals surface area contributed by atoms with Gasteiger partial charge in [0, 0.05) is 28.8 Å². The summed E-state index contributed by atoms with van der Waals surface area (Å²) in [4.78, 5) is 25.4. The number of carbonyl (C=O) groups is 1. The SMILES string of the molecule is Cc1ccc(Cl)cc1NC(=O)c1cn2c3c(cccc3c1=O)CC2. The Kier molecular flexibility index (Phi) is 3.43. The van der Waals surface area contributed by atoms with E-state index in [0.29, 0.717) is 16.1 Å². The van der Waals surface area contributed by atoms with Crippen LogP contribution in [0.15, 0.2) is 47.4 Å². The normalized spacial score (nSPS) is 12.6. The zero-order valence-electron chi connectivity index (χ0n) is 13.1. The van der Waals surface area contributed by atoms with Crippen molar-refractivity contribution in [2.45, 2.75) is 19.9 Å². The Morgan fingerprint density at radius 1 is 1.25 bits per heavy atom. The van der Waals surface area contributed by atoms with Crippen molar-refractivity contribution in [3.05, 3.63) is 74.5 Å². The van der Waals surface area contributed by atoms with Crippen LogP contribution in [0.4, 0.5) is 5.69 Å². The van der Waals surface area contributed by atoms with Crippen molar-refractivity contribution in [2.75, 3.05) is 5.32 Å². The van der Waals surface area contributed by atoms with Crippen LogP contribution in [0.3, 0.4) is 0 Å². The Hall–Kier alpha value is -2.59. The standard InChI is InChI=1S/C19H15ClN2O2/c1-11-5-6-13(20)9-16(11)21-19(24)15-10-22-8-7-12-3-2-4-14(17(12)22)18(15)23/h2-6,9-10H,7-8H2,1H3,(H,21,24). The summed E-state index contributed by atoms with van der Waals surface area (Å²) in [6, 6.07) is 11.0. The number of rotatable bonds is 2. The molecule has 2 aromatic carbocycles. The third-order valence-electron chi connectivity index (χ3n) is 4.50. The predicted octanol–water partition coefficient (Wildman–Crippen LogP) is 3.77. The van der Waals surface area contributed by atoms with E-state index in [0.717, 1.165) is 29.6 Å². The number of para-hydroxylation sites is 1. The third kappa shape index (κ3) is 2.31. The van der Waals surface area contributed by atoms with Crippen molar-refractivity contribution < 1.29 is 4.79 Å². The average molecular weight is 339 g/mol. The second kappa shape index (κ2) is 5.49. The molecule has 0 spiro atoms. The van der Waals surface area contributed by atoms with Crippen molar-refractivity contribution >= 4 is 34.1 Å². The maximum absolute atomic E-state index is 12.7. The van der Waals surface area contributed by atoms with Gasteiger partial charge in [-0.25, -0.2) is 0 Å². The molecule has 0 saturated carbocycles. The van der Waals surface area contributed by atoms with Gasteiger partial charge in [0.2, 0.25) is 5.43 Å². The summed E-state index contributed by atoms with van der Waals surface area (Å²) >= 11 is 5.99. The quantitative estimate of drug-likeness (QED) is 0.773. The molecule has 0 unspecified atom stereocenters. The van der Waals surface area contributed by atoms with Crippen molar-refractivity contribution in [1.29, 1.82) is 0 Å². The Labute approximate surface area is 143 Å². The second-order valence-corrected chi connectivity index (χ2v) is 6.48. The Morgan fingerprint density at radius 3 is 2.92 bits per heavy atom. The Bertz CT molecular complexity index is 1050. The topological polar surface area (TPSA) is 51.1 Å². The average Bonchev–Trinajstić information content (AvgIpc) is 2.98. The number of hydrogen-bond acceptors (Lipinski definition) is 2. The lowest BCUT2D eigenvalue weighted by Gasteiger charge is -2.11. The van der Waals surface area contributed by atoms with Gasteiger partial charge in [0.1, 0.15) is 5.56 Å². The molecule has 1 aliphatic rings. The monoisotopic (exact) mass is 338 g/mol. The highest BCUT2D eigenvalue weighted by atomic mass is 35.5. The molecule has 2 heterocycles. The molecule has 5 heteroatoms. The number of pyridine rings is 1. The fraction of sp³-hybridized carbons (Fsp3) is 0.158. The summed E-state index contributed by atoms with van der Waals surface area (Å²) < 4.78 is 1.99. The lowest BCUT2D eigenvalue weighted by molar-refractivity contribution is 0.102. The largest absolute Gasteiger partial charge is 0.346 e. The number of amides is 1. The molecule has 0 radical (unpaired) electrons. The van der Waals surface area contributed by atoms with Crippen LogP contribution in [0, 0.1) is 6.92 Å². The van der Waals surface area contributed by atoms with Crippen molar-refractivity contribution in [1.82, 2.24) is 4.57 Å². The minimum atomic E-state index is -0.409. The zero-order chi connectivity index (χ0) is 16.8. The molecule has 120 valence electrons. The van der Waals surface area contributed by atoms with E-state index in [2.05, 4.69) is 5.32 Å². The summed E-state index contributed by atoms with van der Waals surface area (Å²) in [5, 5.41) is 3.94. The molecule has 0 bridgehead atoms. The number of aromatic nitrogens is 1. The first-order valence-electron chi connectivity index (χ1n) is 7.77. The van der Waals surface area contributed by atoms with E-state index >= 15 is 0 Å². The minimum absolute atomic E-state index is 0.154. The molecule has 4 nitrogen and oxygen atoms in total. The molecular weight excluding hydrogens is 324 g/mol. The molecule has 3 aromatic rings. The van der Waals surface area contributed by atoms with E-state index in [9.17, 15) is 9.59 Å². The van der Waals surface area contributed by atoms with Gasteiger partial charge < -0.3 is 9.88 Å². The number of anilines is 1. The van der Waals surface area contributed by atoms with E-state index in [4.69, 9.17) is 11.6 Å². The molecule has 0 fully saturated rings. The number of benzene rings is 2. The second-order valence-electron chi connectivity index (χ2n) is 6.04. The highest BCUT2D eigenvalue weighted by molar-refractivity contribution is 6.31. The number of hydrogen-bond donors (Lipinski definition) is 1. The van der Waals surface area contributed by atoms with Crippen LogP contribution < -0.4 is 10.7 Å². The molecule has 0 saturated heterocycles. The van der Waals surface area contributed by atoms with Crippen LogP contribution in [0.5, 0.6) is 0 Å². The summed E-state index contributed by atoms with van der Waals surface area (Å²) in [6.07, 6.45) is 2.55. The van der Waals surface area contributed by atoms with Crippen LogP contribution in [-0.4, -0.2) is 10.5 Å². The highest BCUT2D eigenvalue weighted by Crippen LogP contribution is 2.25. The summed E-state index contributed by atoms with van der Waals surface area (Å²) in [5.74, 6) is -0.409. The number of halogens is 1. The van der Waals surface area contributed by atoms with E-state index < -0.39 is 5.91 Å². The number of nitrogens with zero attached hydrogens (tertiary/aromatic N) is 1. The van der Waals surface area contributed by atoms with Gasteiger partial charge in [-0.2, -0.15) is 0 Å². The first kappa shape index (κ1) is 15.0. The van der Waals surface area contributed by atoms with Gasteiger partial charge in [0.15, 0.2) is 0 Å². The smallest absolute Gasteiger partial charge is 0.261 e. The first-order valence-corrected chi connectivity index (χ1v) is 8.15. The van der Waals surface area contributed by atoms with Gasteiger partial charge in [0.05, 0.1) is 5.52 Å². The van der Waals surface area contributed by atoms with E-state index in [-0.39, 0.29) is 11.0 Å². The van der Waals surface area contributed by atoms with E-state index in [1.54, 1.807) is 24.4 Å². The van der Waals surface area contributed by atoms with Crippen LogP contribution in [0.1, 0.15) is 21.5 Å². The van der Waals surface area contributed by atoms with Crippen LogP contribution in [0.2, 0.25) is 5.02 Å². The Balaban J connectivity index is 1.80. The first-order chi connectivity index (χ1) is 11.5. The molecule has 1 aromatic heterocycles. The van der Waals surface area contributed by atoms with Gasteiger partial charge in [-0.3, -0.25) is 9.59 Å². The lowest BCUT2D eigenvalue weighted by atomic mass is 10.1. The van der Waals surface area contributed by atoms with Crippen LogP contribution in [-0.2, 0) is 13.0 Å². The summed E-state index contributed by atoms with van der Waals surface area (Å²) in [5.41, 5.74) is 3.52. The van der Waals surface area contributed by atoms with Gasteiger partial charge in [-0.15, -0.1) is 0 Å². The highest BCUT2D eigenvalue weighted by Gasteiger charge is 2.20. The maximum Gasteiger partial charge on any atom is 0.261 e. The van der Waals surface area contributed by atoms with Gasteiger partial charge in [-0.1, -0.05) is 29.8 Å². The number of nitrogens with one attached hydrogen (secondary N) is 1. The molecular formula is C19H15ClN2O2. The summed E-state index contributed by atoms with van der Waals surface area (Å²) in [7, 11) is 0. The molecule has 1 amide bonds. The fourth-order valence-electron chi connectivity index (χ4n) is 3.24. The molecule has 4 rings (SSSR count). The van der Waals surface area contributed by atoms with Gasteiger partial charge in [-0.05, 0) is 42.7 Å². The third-order valence-corrected chi connectivity index (χ3v) is 4.73.